The van der Waals surface area contributed by atoms with Gasteiger partial charge in [-0.3, -0.25) is 9.97 Å². The van der Waals surface area contributed by atoms with E-state index in [1.165, 1.54) is 22.3 Å². The quantitative estimate of drug-likeness (QED) is 0.168. The van der Waals surface area contributed by atoms with Crippen molar-refractivity contribution in [3.05, 3.63) is 113 Å². The van der Waals surface area contributed by atoms with E-state index in [0.29, 0.717) is 0 Å². The van der Waals surface area contributed by atoms with Crippen LogP contribution in [0.15, 0.2) is 71.6 Å². The van der Waals surface area contributed by atoms with Crippen LogP contribution >= 0.6 is 0 Å². The number of nitrogens with zero attached hydrogens (tertiary/aromatic N) is 3. The van der Waals surface area contributed by atoms with Crippen molar-refractivity contribution in [2.24, 2.45) is 0 Å². The van der Waals surface area contributed by atoms with Crippen molar-refractivity contribution in [2.45, 2.75) is 60.8 Å². The van der Waals surface area contributed by atoms with Crippen molar-refractivity contribution in [3.8, 4) is 22.5 Å². The minimum Gasteiger partial charge on any atom is -0.506 e. The third kappa shape index (κ3) is 6.48. The van der Waals surface area contributed by atoms with E-state index in [2.05, 4.69) is 101 Å². The molecule has 0 aliphatic carbocycles. The van der Waals surface area contributed by atoms with Gasteiger partial charge < -0.3 is 9.40 Å². The number of aryl methyl sites for hydroxylation is 5. The Kier molecular flexibility index (Phi) is 8.91. The molecule has 2 aromatic carbocycles. The fraction of sp³-hybridized carbons (Fsp3) is 0.250. The molecule has 1 radical (unpaired) electrons. The predicted octanol–water partition coefficient (Wildman–Crippen LogP) is 9.23. The molecule has 4 heterocycles. The first-order valence-corrected chi connectivity index (χ1v) is 13.6. The summed E-state index contributed by atoms with van der Waals surface area (Å²) in [6, 6.07) is 23.2. The zero-order chi connectivity index (χ0) is 28.6. The van der Waals surface area contributed by atoms with Gasteiger partial charge in [-0.05, 0) is 43.7 Å². The number of hydrogen-bond acceptors (Lipinski definition) is 4. The van der Waals surface area contributed by atoms with Crippen LogP contribution in [-0.2, 0) is 25.5 Å². The molecule has 0 saturated carbocycles. The zero-order valence-corrected chi connectivity index (χ0v) is 27.3. The van der Waals surface area contributed by atoms with E-state index in [9.17, 15) is 0 Å². The van der Waals surface area contributed by atoms with Crippen LogP contribution in [0, 0.1) is 46.8 Å². The Morgan fingerprint density at radius 1 is 0.756 bits per heavy atom. The Hall–Kier alpha value is -3.66. The standard InChI is InChI=1S/C21H19N2O.C15H16N.Ir/c1-13-5-7-17(22-12-13)16-11-14-9-10-24-20(14)19-15(16)6-8-18(23-19)21(2,3)4;1-10-5-6-14(7-11(10)2)15-8-12(3)13(4)9-16-15;/h5-10,12H,1-4H3;5,7-9H,1-4H3;/q2*-1;. The SMILES string of the molecule is Cc1c[c-]c(-c2cc(C)c(C)cn2)cc1C.Cc1ccc(-c2[c-]c3ccoc3c3nc(C(C)(C)C)ccc23)nc1.[Ir]. The molecule has 0 aliphatic rings. The minimum absolute atomic E-state index is 0. The van der Waals surface area contributed by atoms with E-state index in [-0.39, 0.29) is 25.5 Å². The molecule has 41 heavy (non-hydrogen) atoms. The maximum absolute atomic E-state index is 5.69. The van der Waals surface area contributed by atoms with Crippen LogP contribution in [0.3, 0.4) is 0 Å². The Morgan fingerprint density at radius 2 is 1.49 bits per heavy atom. The molecule has 0 atom stereocenters. The average molecular weight is 718 g/mol. The number of rotatable bonds is 2. The second-order valence-electron chi connectivity index (χ2n) is 11.6. The molecule has 6 aromatic rings. The first-order chi connectivity index (χ1) is 19.0. The summed E-state index contributed by atoms with van der Waals surface area (Å²) in [6.45, 7) is 16.9. The zero-order valence-electron chi connectivity index (χ0n) is 24.9. The van der Waals surface area contributed by atoms with E-state index in [4.69, 9.17) is 9.40 Å². The molecule has 6 rings (SSSR count). The number of furan rings is 1. The van der Waals surface area contributed by atoms with Crippen molar-refractivity contribution in [3.63, 3.8) is 0 Å². The van der Waals surface area contributed by atoms with Gasteiger partial charge in [0, 0.05) is 61.1 Å². The van der Waals surface area contributed by atoms with Gasteiger partial charge in [0.1, 0.15) is 0 Å². The molecule has 0 bridgehead atoms. The van der Waals surface area contributed by atoms with E-state index >= 15 is 0 Å². The van der Waals surface area contributed by atoms with Crippen LogP contribution in [0.1, 0.15) is 54.3 Å². The van der Waals surface area contributed by atoms with Crippen molar-refractivity contribution in [2.75, 3.05) is 0 Å². The Morgan fingerprint density at radius 3 is 2.15 bits per heavy atom. The second kappa shape index (κ2) is 12.1. The molecule has 0 saturated heterocycles. The van der Waals surface area contributed by atoms with E-state index in [1.807, 2.05) is 37.5 Å². The first-order valence-electron chi connectivity index (χ1n) is 13.6. The molecule has 211 valence electrons. The molecule has 0 fully saturated rings. The third-order valence-electron chi connectivity index (χ3n) is 7.32. The molecule has 4 aromatic heterocycles. The van der Waals surface area contributed by atoms with Crippen molar-refractivity contribution in [1.82, 2.24) is 15.0 Å². The fourth-order valence-electron chi connectivity index (χ4n) is 4.45. The maximum Gasteiger partial charge on any atom is 0.0847 e. The van der Waals surface area contributed by atoms with Crippen LogP contribution in [0.2, 0.25) is 0 Å². The van der Waals surface area contributed by atoms with Crippen LogP contribution in [0.5, 0.6) is 0 Å². The molecule has 0 unspecified atom stereocenters. The summed E-state index contributed by atoms with van der Waals surface area (Å²) in [5.74, 6) is 0. The van der Waals surface area contributed by atoms with Crippen molar-refractivity contribution < 1.29 is 24.5 Å². The van der Waals surface area contributed by atoms with Gasteiger partial charge in [0.2, 0.25) is 0 Å². The molecular formula is C36H35IrN3O-2. The molecule has 5 heteroatoms. The molecular weight excluding hydrogens is 683 g/mol. The summed E-state index contributed by atoms with van der Waals surface area (Å²) in [4.78, 5) is 13.9. The molecule has 0 spiro atoms. The van der Waals surface area contributed by atoms with Gasteiger partial charge in [0.05, 0.1) is 5.58 Å². The van der Waals surface area contributed by atoms with E-state index < -0.39 is 0 Å². The Labute approximate surface area is 256 Å². The van der Waals surface area contributed by atoms with Gasteiger partial charge in [-0.1, -0.05) is 86.8 Å². The van der Waals surface area contributed by atoms with E-state index in [1.54, 1.807) is 6.26 Å². The fourth-order valence-corrected chi connectivity index (χ4v) is 4.45. The van der Waals surface area contributed by atoms with Crippen LogP contribution in [-0.4, -0.2) is 15.0 Å². The van der Waals surface area contributed by atoms with Crippen molar-refractivity contribution >= 4 is 21.9 Å². The summed E-state index contributed by atoms with van der Waals surface area (Å²) in [5, 5.41) is 1.94. The normalized spacial score (nSPS) is 11.2. The number of pyridine rings is 3. The maximum atomic E-state index is 5.69. The molecule has 0 aliphatic heterocycles. The van der Waals surface area contributed by atoms with Gasteiger partial charge in [-0.2, -0.15) is 0 Å². The summed E-state index contributed by atoms with van der Waals surface area (Å²) < 4.78 is 5.69. The summed E-state index contributed by atoms with van der Waals surface area (Å²) in [6.07, 6.45) is 5.50. The number of benzene rings is 2. The summed E-state index contributed by atoms with van der Waals surface area (Å²) in [7, 11) is 0. The van der Waals surface area contributed by atoms with Gasteiger partial charge in [-0.25, -0.2) is 0 Å². The molecule has 0 N–H and O–H groups in total. The second-order valence-corrected chi connectivity index (χ2v) is 11.6. The van der Waals surface area contributed by atoms with Crippen LogP contribution in [0.4, 0.5) is 0 Å². The Bertz CT molecular complexity index is 1780. The van der Waals surface area contributed by atoms with Crippen LogP contribution < -0.4 is 0 Å². The number of fused-ring (bicyclic) bond motifs is 3. The van der Waals surface area contributed by atoms with Gasteiger partial charge >= 0.3 is 0 Å². The first kappa shape index (κ1) is 30.3. The van der Waals surface area contributed by atoms with Gasteiger partial charge in [0.25, 0.3) is 0 Å². The Balaban J connectivity index is 0.000000200. The topological polar surface area (TPSA) is 51.8 Å². The average Bonchev–Trinajstić information content (AvgIpc) is 3.41. The largest absolute Gasteiger partial charge is 0.506 e. The van der Waals surface area contributed by atoms with Crippen molar-refractivity contribution in [1.29, 1.82) is 0 Å². The van der Waals surface area contributed by atoms with Gasteiger partial charge in [-0.15, -0.1) is 41.0 Å². The molecule has 0 amide bonds. The minimum atomic E-state index is -0.0189. The smallest absolute Gasteiger partial charge is 0.0847 e. The van der Waals surface area contributed by atoms with Crippen LogP contribution in [0.25, 0.3) is 44.4 Å². The monoisotopic (exact) mass is 718 g/mol. The predicted molar refractivity (Wildman–Crippen MR) is 164 cm³/mol. The number of aromatic nitrogens is 3. The summed E-state index contributed by atoms with van der Waals surface area (Å²) >= 11 is 0. The van der Waals surface area contributed by atoms with Gasteiger partial charge in [0.15, 0.2) is 0 Å². The third-order valence-corrected chi connectivity index (χ3v) is 7.32. The number of hydrogen-bond donors (Lipinski definition) is 0. The molecule has 4 nitrogen and oxygen atoms in total. The van der Waals surface area contributed by atoms with E-state index in [0.717, 1.165) is 55.6 Å². The summed E-state index contributed by atoms with van der Waals surface area (Å²) in [5.41, 5.74) is 12.8.